The van der Waals surface area contributed by atoms with Crippen LogP contribution in [0.1, 0.15) is 12.5 Å². The number of thiol groups is 1. The van der Waals surface area contributed by atoms with Gasteiger partial charge in [-0.15, -0.1) is 12.6 Å². The zero-order valence-electron chi connectivity index (χ0n) is 8.77. The van der Waals surface area contributed by atoms with Crippen LogP contribution in [0, 0.1) is 0 Å². The normalized spacial score (nSPS) is 12.0. The van der Waals surface area contributed by atoms with Crippen LogP contribution in [0.15, 0.2) is 54.0 Å². The Morgan fingerprint density at radius 2 is 2.20 bits per heavy atom. The van der Waals surface area contributed by atoms with E-state index in [1.807, 2.05) is 49.4 Å². The monoisotopic (exact) mass is 217 g/mol. The molecule has 0 heterocycles. The number of anilines is 1. The lowest BCUT2D eigenvalue weighted by atomic mass is 10.1. The fraction of sp³-hybridized carbons (Fsp3) is 0.0769. The summed E-state index contributed by atoms with van der Waals surface area (Å²) >= 11 is 4.29. The van der Waals surface area contributed by atoms with Gasteiger partial charge in [-0.1, -0.05) is 36.9 Å². The predicted molar refractivity (Wildman–Crippen MR) is 71.1 cm³/mol. The fourth-order valence-corrected chi connectivity index (χ4v) is 1.42. The SMILES string of the molecule is C=C/C(=C\C=C/C)c1ccc(N)c(S)c1. The van der Waals surface area contributed by atoms with Crippen LogP contribution < -0.4 is 5.73 Å². The molecule has 1 rings (SSSR count). The van der Waals surface area contributed by atoms with Crippen molar-refractivity contribution in [3.8, 4) is 0 Å². The van der Waals surface area contributed by atoms with E-state index in [2.05, 4.69) is 19.2 Å². The van der Waals surface area contributed by atoms with Crippen LogP contribution in [0.25, 0.3) is 5.57 Å². The molecule has 0 radical (unpaired) electrons. The first-order valence-electron chi connectivity index (χ1n) is 4.73. The Labute approximate surface area is 96.4 Å². The van der Waals surface area contributed by atoms with Gasteiger partial charge in [0.05, 0.1) is 0 Å². The summed E-state index contributed by atoms with van der Waals surface area (Å²) in [6.45, 7) is 5.76. The summed E-state index contributed by atoms with van der Waals surface area (Å²) in [7, 11) is 0. The van der Waals surface area contributed by atoms with Crippen molar-refractivity contribution in [3.05, 3.63) is 54.6 Å². The Morgan fingerprint density at radius 3 is 2.73 bits per heavy atom. The molecule has 15 heavy (non-hydrogen) atoms. The van der Waals surface area contributed by atoms with Crippen molar-refractivity contribution in [2.75, 3.05) is 5.73 Å². The van der Waals surface area contributed by atoms with E-state index < -0.39 is 0 Å². The topological polar surface area (TPSA) is 26.0 Å². The van der Waals surface area contributed by atoms with Gasteiger partial charge in [-0.3, -0.25) is 0 Å². The number of hydrogen-bond donors (Lipinski definition) is 2. The molecule has 2 N–H and O–H groups in total. The lowest BCUT2D eigenvalue weighted by molar-refractivity contribution is 1.44. The third-order valence-electron chi connectivity index (χ3n) is 2.05. The van der Waals surface area contributed by atoms with Crippen LogP contribution in [0.5, 0.6) is 0 Å². The van der Waals surface area contributed by atoms with Crippen molar-refractivity contribution >= 4 is 23.9 Å². The van der Waals surface area contributed by atoms with Gasteiger partial charge in [0.1, 0.15) is 0 Å². The maximum atomic E-state index is 5.69. The Bertz CT molecular complexity index is 417. The summed E-state index contributed by atoms with van der Waals surface area (Å²) in [4.78, 5) is 0.792. The Balaban J connectivity index is 3.13. The highest BCUT2D eigenvalue weighted by molar-refractivity contribution is 7.80. The number of allylic oxidation sites excluding steroid dienone is 5. The maximum absolute atomic E-state index is 5.69. The highest BCUT2D eigenvalue weighted by atomic mass is 32.1. The van der Waals surface area contributed by atoms with Crippen LogP contribution in [0.3, 0.4) is 0 Å². The summed E-state index contributed by atoms with van der Waals surface area (Å²) in [6, 6.07) is 5.76. The summed E-state index contributed by atoms with van der Waals surface area (Å²) in [5.74, 6) is 0. The average molecular weight is 217 g/mol. The van der Waals surface area contributed by atoms with Crippen molar-refractivity contribution in [1.82, 2.24) is 0 Å². The molecule has 0 aliphatic rings. The first-order chi connectivity index (χ1) is 7.19. The molecular weight excluding hydrogens is 202 g/mol. The van der Waals surface area contributed by atoms with Crippen LogP contribution in [-0.4, -0.2) is 0 Å². The van der Waals surface area contributed by atoms with Gasteiger partial charge in [0.25, 0.3) is 0 Å². The number of hydrogen-bond acceptors (Lipinski definition) is 2. The molecule has 1 aromatic carbocycles. The van der Waals surface area contributed by atoms with Gasteiger partial charge in [-0.05, 0) is 30.2 Å². The zero-order valence-corrected chi connectivity index (χ0v) is 9.67. The predicted octanol–water partition coefficient (Wildman–Crippen LogP) is 3.70. The first-order valence-corrected chi connectivity index (χ1v) is 5.18. The van der Waals surface area contributed by atoms with Crippen LogP contribution in [-0.2, 0) is 0 Å². The van der Waals surface area contributed by atoms with Gasteiger partial charge < -0.3 is 5.73 Å². The standard InChI is InChI=1S/C13H15NS/c1-3-5-6-10(4-2)11-7-8-12(14)13(15)9-11/h3-9,15H,2,14H2,1H3/b5-3-,10-6+. The summed E-state index contributed by atoms with van der Waals surface area (Å²) in [5.41, 5.74) is 8.52. The molecular formula is C13H15NS. The number of benzene rings is 1. The maximum Gasteiger partial charge on any atom is 0.0450 e. The second-order valence-corrected chi connectivity index (χ2v) is 3.61. The van der Waals surface area contributed by atoms with Crippen LogP contribution in [0.4, 0.5) is 5.69 Å². The summed E-state index contributed by atoms with van der Waals surface area (Å²) in [6.07, 6.45) is 7.78. The molecule has 0 fully saturated rings. The fourth-order valence-electron chi connectivity index (χ4n) is 1.21. The van der Waals surface area contributed by atoms with E-state index in [-0.39, 0.29) is 0 Å². The molecule has 1 nitrogen and oxygen atoms in total. The van der Waals surface area contributed by atoms with E-state index in [1.54, 1.807) is 0 Å². The lowest BCUT2D eigenvalue weighted by Gasteiger charge is -2.04. The van der Waals surface area contributed by atoms with Crippen molar-refractivity contribution in [3.63, 3.8) is 0 Å². The van der Waals surface area contributed by atoms with Crippen molar-refractivity contribution in [2.24, 2.45) is 0 Å². The average Bonchev–Trinajstić information content (AvgIpc) is 2.24. The highest BCUT2D eigenvalue weighted by Crippen LogP contribution is 2.23. The Kier molecular flexibility index (Phi) is 4.25. The summed E-state index contributed by atoms with van der Waals surface area (Å²) in [5, 5.41) is 0. The summed E-state index contributed by atoms with van der Waals surface area (Å²) < 4.78 is 0. The number of nitrogens with two attached hydrogens (primary N) is 1. The smallest absolute Gasteiger partial charge is 0.0450 e. The molecule has 78 valence electrons. The van der Waals surface area contributed by atoms with Gasteiger partial charge in [0.2, 0.25) is 0 Å². The number of rotatable bonds is 3. The molecule has 0 atom stereocenters. The minimum absolute atomic E-state index is 0.691. The molecule has 0 spiro atoms. The quantitative estimate of drug-likeness (QED) is 0.450. The van der Waals surface area contributed by atoms with Gasteiger partial charge in [0.15, 0.2) is 0 Å². The zero-order chi connectivity index (χ0) is 11.3. The van der Waals surface area contributed by atoms with Gasteiger partial charge in [-0.2, -0.15) is 0 Å². The Hall–Kier alpha value is -1.41. The first kappa shape index (κ1) is 11.7. The molecule has 0 aliphatic heterocycles. The molecule has 0 saturated carbocycles. The van der Waals surface area contributed by atoms with Gasteiger partial charge in [-0.25, -0.2) is 0 Å². The second kappa shape index (κ2) is 5.47. The molecule has 0 amide bonds. The van der Waals surface area contributed by atoms with E-state index in [1.165, 1.54) is 0 Å². The largest absolute Gasteiger partial charge is 0.398 e. The van der Waals surface area contributed by atoms with E-state index in [4.69, 9.17) is 5.73 Å². The van der Waals surface area contributed by atoms with E-state index in [9.17, 15) is 0 Å². The molecule has 2 heteroatoms. The Morgan fingerprint density at radius 1 is 1.47 bits per heavy atom. The van der Waals surface area contributed by atoms with E-state index in [0.717, 1.165) is 16.0 Å². The molecule has 0 unspecified atom stereocenters. The highest BCUT2D eigenvalue weighted by Gasteiger charge is 1.99. The number of nitrogen functional groups attached to an aromatic ring is 1. The van der Waals surface area contributed by atoms with E-state index >= 15 is 0 Å². The molecule has 0 saturated heterocycles. The van der Waals surface area contributed by atoms with Crippen molar-refractivity contribution in [1.29, 1.82) is 0 Å². The molecule has 1 aromatic rings. The van der Waals surface area contributed by atoms with Crippen LogP contribution in [0.2, 0.25) is 0 Å². The molecule has 0 aliphatic carbocycles. The van der Waals surface area contributed by atoms with E-state index in [0.29, 0.717) is 5.69 Å². The second-order valence-electron chi connectivity index (χ2n) is 3.13. The van der Waals surface area contributed by atoms with Gasteiger partial charge in [0, 0.05) is 10.6 Å². The van der Waals surface area contributed by atoms with Gasteiger partial charge >= 0.3 is 0 Å². The molecule has 0 bridgehead atoms. The molecule has 0 aromatic heterocycles. The van der Waals surface area contributed by atoms with Crippen molar-refractivity contribution < 1.29 is 0 Å². The third-order valence-corrected chi connectivity index (χ3v) is 2.44. The third kappa shape index (κ3) is 3.03. The van der Waals surface area contributed by atoms with Crippen molar-refractivity contribution in [2.45, 2.75) is 11.8 Å². The lowest BCUT2D eigenvalue weighted by Crippen LogP contribution is -1.88. The van der Waals surface area contributed by atoms with Crippen LogP contribution >= 0.6 is 12.6 Å². The minimum Gasteiger partial charge on any atom is -0.398 e. The minimum atomic E-state index is 0.691.